The number of nitrogens with zero attached hydrogens (tertiary/aromatic N) is 3. The van der Waals surface area contributed by atoms with Crippen molar-refractivity contribution in [3.63, 3.8) is 0 Å². The molecule has 4 N–H and O–H groups in total. The number of halogens is 3. The Morgan fingerprint density at radius 2 is 1.60 bits per heavy atom. The van der Waals surface area contributed by atoms with Crippen molar-refractivity contribution >= 4 is 28.4 Å². The summed E-state index contributed by atoms with van der Waals surface area (Å²) in [6, 6.07) is 18.9. The molecule has 1 aliphatic heterocycles. The van der Waals surface area contributed by atoms with Gasteiger partial charge in [0.1, 0.15) is 0 Å². The molecular formula is C37H44F3N5O2. The zero-order valence-corrected chi connectivity index (χ0v) is 26.9. The molecule has 2 aliphatic rings. The number of allylic oxidation sites excluding steroid dienone is 1. The van der Waals surface area contributed by atoms with Crippen LogP contribution in [0.25, 0.3) is 10.8 Å². The third kappa shape index (κ3) is 8.15. The number of amides is 1. The van der Waals surface area contributed by atoms with E-state index in [0.717, 1.165) is 36.2 Å². The highest BCUT2D eigenvalue weighted by molar-refractivity contribution is 6.00. The van der Waals surface area contributed by atoms with E-state index in [4.69, 9.17) is 11.5 Å². The number of carbonyl (C=O) groups excluding carboxylic acids is 2. The molecule has 1 amide bonds. The molecule has 7 nitrogen and oxygen atoms in total. The van der Waals surface area contributed by atoms with Gasteiger partial charge in [-0.3, -0.25) is 14.6 Å². The van der Waals surface area contributed by atoms with Gasteiger partial charge in [0, 0.05) is 61.2 Å². The number of ketones is 1. The van der Waals surface area contributed by atoms with Crippen molar-refractivity contribution in [3.8, 4) is 0 Å². The monoisotopic (exact) mass is 647 g/mol. The average Bonchev–Trinajstić information content (AvgIpc) is 3.06. The number of Topliss-reactive ketones (excluding diaryl/α,β-unsaturated/α-hetero) is 1. The molecule has 0 aromatic heterocycles. The maximum Gasteiger partial charge on any atom is 0.416 e. The van der Waals surface area contributed by atoms with Crippen molar-refractivity contribution in [1.29, 1.82) is 0 Å². The number of piperazine rings is 1. The van der Waals surface area contributed by atoms with Crippen LogP contribution in [0.1, 0.15) is 66.9 Å². The minimum absolute atomic E-state index is 0.00600. The van der Waals surface area contributed by atoms with Crippen LogP contribution >= 0.6 is 0 Å². The Hall–Kier alpha value is -4.34. The van der Waals surface area contributed by atoms with Gasteiger partial charge in [-0.25, -0.2) is 0 Å². The van der Waals surface area contributed by atoms with Crippen molar-refractivity contribution < 1.29 is 22.8 Å². The molecule has 0 bridgehead atoms. The number of benzene rings is 3. The highest BCUT2D eigenvalue weighted by Gasteiger charge is 2.42. The van der Waals surface area contributed by atoms with Gasteiger partial charge in [0.2, 0.25) is 5.91 Å². The summed E-state index contributed by atoms with van der Waals surface area (Å²) >= 11 is 0. The number of alkyl halides is 3. The fourth-order valence-corrected chi connectivity index (χ4v) is 7.21. The van der Waals surface area contributed by atoms with Gasteiger partial charge in [-0.1, -0.05) is 74.0 Å². The molecule has 47 heavy (non-hydrogen) atoms. The van der Waals surface area contributed by atoms with Crippen LogP contribution in [0.4, 0.5) is 13.2 Å². The van der Waals surface area contributed by atoms with Crippen molar-refractivity contribution in [2.45, 2.75) is 70.1 Å². The van der Waals surface area contributed by atoms with Gasteiger partial charge < -0.3 is 21.3 Å². The lowest BCUT2D eigenvalue weighted by molar-refractivity contribution is -0.144. The second kappa shape index (κ2) is 14.6. The standard InChI is InChI=1S/C37H44F3N5O2/c1-24(20-26-13-14-27-8-3-4-9-29(27)21-26)44-23-31(10-7-19-43-36(41)42)45(22-25(44)2)35(47)33-12-6-5-11-32(33)34(46)28-15-17-30(18-16-28)37(38,39)40/h3-4,8-9,13-18,21,25,31-33H,1,5-7,10-12,19-20,22-23H2,2H3,(H4,41,42,43)/t25-,31+,32-,33-/m1/s1. The van der Waals surface area contributed by atoms with Crippen molar-refractivity contribution in [3.05, 3.63) is 95.7 Å². The number of nitrogens with two attached hydrogens (primary N) is 2. The van der Waals surface area contributed by atoms with E-state index in [2.05, 4.69) is 53.7 Å². The van der Waals surface area contributed by atoms with E-state index in [0.29, 0.717) is 51.7 Å². The summed E-state index contributed by atoms with van der Waals surface area (Å²) in [4.78, 5) is 36.4. The number of fused-ring (bicyclic) bond motifs is 1. The van der Waals surface area contributed by atoms with Gasteiger partial charge in [0.25, 0.3) is 0 Å². The average molecular weight is 648 g/mol. The smallest absolute Gasteiger partial charge is 0.370 e. The Morgan fingerprint density at radius 3 is 2.28 bits per heavy atom. The maximum absolute atomic E-state index is 14.4. The second-order valence-corrected chi connectivity index (χ2v) is 13.0. The first kappa shape index (κ1) is 34.0. The van der Waals surface area contributed by atoms with Gasteiger partial charge in [0.15, 0.2) is 11.7 Å². The lowest BCUT2D eigenvalue weighted by Gasteiger charge is -2.49. The van der Waals surface area contributed by atoms with E-state index in [9.17, 15) is 22.8 Å². The van der Waals surface area contributed by atoms with Crippen LogP contribution in [-0.2, 0) is 17.4 Å². The first-order valence-corrected chi connectivity index (χ1v) is 16.4. The lowest BCUT2D eigenvalue weighted by Crippen LogP contribution is -2.60. The van der Waals surface area contributed by atoms with Gasteiger partial charge in [0.05, 0.1) is 5.56 Å². The second-order valence-electron chi connectivity index (χ2n) is 13.0. The number of rotatable bonds is 10. The fourth-order valence-electron chi connectivity index (χ4n) is 7.21. The molecule has 3 aromatic carbocycles. The summed E-state index contributed by atoms with van der Waals surface area (Å²) in [5.74, 6) is -1.41. The molecular weight excluding hydrogens is 603 g/mol. The Morgan fingerprint density at radius 1 is 0.915 bits per heavy atom. The number of guanidine groups is 1. The SMILES string of the molecule is C=C(Cc1ccc2ccccc2c1)N1C[C@H](CCCN=C(N)N)N(C(=O)[C@@H]2CCCC[C@H]2C(=O)c2ccc(C(F)(F)F)cc2)C[C@H]1C. The van der Waals surface area contributed by atoms with Gasteiger partial charge in [-0.05, 0) is 61.1 Å². The minimum Gasteiger partial charge on any atom is -0.370 e. The molecule has 250 valence electrons. The van der Waals surface area contributed by atoms with Crippen LogP contribution in [0.15, 0.2) is 84.0 Å². The predicted molar refractivity (Wildman–Crippen MR) is 180 cm³/mol. The molecule has 1 aliphatic carbocycles. The number of aliphatic imine (C=N–C) groups is 1. The van der Waals surface area contributed by atoms with E-state index >= 15 is 0 Å². The zero-order chi connectivity index (χ0) is 33.7. The zero-order valence-electron chi connectivity index (χ0n) is 26.9. The summed E-state index contributed by atoms with van der Waals surface area (Å²) in [6.45, 7) is 8.05. The van der Waals surface area contributed by atoms with E-state index in [1.54, 1.807) is 0 Å². The third-order valence-electron chi connectivity index (χ3n) is 9.66. The molecule has 1 saturated heterocycles. The molecule has 0 unspecified atom stereocenters. The van der Waals surface area contributed by atoms with E-state index in [1.165, 1.54) is 22.9 Å². The summed E-state index contributed by atoms with van der Waals surface area (Å²) in [6.07, 6.45) is 0.242. The molecule has 5 rings (SSSR count). The normalized spacial score (nSPS) is 21.8. The van der Waals surface area contributed by atoms with Crippen LogP contribution in [0.3, 0.4) is 0 Å². The summed E-state index contributed by atoms with van der Waals surface area (Å²) in [7, 11) is 0. The van der Waals surface area contributed by atoms with E-state index in [-0.39, 0.29) is 35.3 Å². The van der Waals surface area contributed by atoms with Crippen molar-refractivity contribution in [1.82, 2.24) is 9.80 Å². The highest BCUT2D eigenvalue weighted by Crippen LogP contribution is 2.37. The summed E-state index contributed by atoms with van der Waals surface area (Å²) in [5, 5.41) is 2.35. The molecule has 1 saturated carbocycles. The summed E-state index contributed by atoms with van der Waals surface area (Å²) < 4.78 is 39.4. The van der Waals surface area contributed by atoms with Crippen LogP contribution in [0, 0.1) is 11.8 Å². The molecule has 1 heterocycles. The first-order chi connectivity index (χ1) is 22.4. The molecule has 0 spiro atoms. The van der Waals surface area contributed by atoms with Crippen LogP contribution in [0.2, 0.25) is 0 Å². The molecule has 3 aromatic rings. The number of carbonyl (C=O) groups is 2. The van der Waals surface area contributed by atoms with Crippen LogP contribution < -0.4 is 11.5 Å². The third-order valence-corrected chi connectivity index (χ3v) is 9.66. The highest BCUT2D eigenvalue weighted by atomic mass is 19.4. The Kier molecular flexibility index (Phi) is 10.6. The summed E-state index contributed by atoms with van der Waals surface area (Å²) in [5.41, 5.74) is 12.6. The van der Waals surface area contributed by atoms with E-state index < -0.39 is 23.6 Å². The Labute approximate surface area is 274 Å². The maximum atomic E-state index is 14.4. The first-order valence-electron chi connectivity index (χ1n) is 16.4. The quantitative estimate of drug-likeness (QED) is 0.112. The lowest BCUT2D eigenvalue weighted by atomic mass is 9.74. The van der Waals surface area contributed by atoms with Crippen molar-refractivity contribution in [2.24, 2.45) is 28.3 Å². The number of hydrogen-bond acceptors (Lipinski definition) is 4. The minimum atomic E-state index is -4.49. The fraction of sp³-hybridized carbons (Fsp3) is 0.432. The molecule has 10 heteroatoms. The predicted octanol–water partition coefficient (Wildman–Crippen LogP) is 6.56. The van der Waals surface area contributed by atoms with Crippen molar-refractivity contribution in [2.75, 3.05) is 19.6 Å². The van der Waals surface area contributed by atoms with Gasteiger partial charge in [-0.15, -0.1) is 0 Å². The molecule has 0 radical (unpaired) electrons. The molecule has 2 fully saturated rings. The van der Waals surface area contributed by atoms with Crippen LogP contribution in [-0.4, -0.2) is 59.2 Å². The molecule has 4 atom stereocenters. The van der Waals surface area contributed by atoms with Gasteiger partial charge >= 0.3 is 6.18 Å². The Bertz CT molecular complexity index is 1620. The van der Waals surface area contributed by atoms with Gasteiger partial charge in [-0.2, -0.15) is 13.2 Å². The largest absolute Gasteiger partial charge is 0.416 e. The van der Waals surface area contributed by atoms with Crippen LogP contribution in [0.5, 0.6) is 0 Å². The van der Waals surface area contributed by atoms with E-state index in [1.807, 2.05) is 17.0 Å². The topological polar surface area (TPSA) is 105 Å². The Balaban J connectivity index is 1.34. The number of hydrogen-bond donors (Lipinski definition) is 2.